The lowest BCUT2D eigenvalue weighted by molar-refractivity contribution is -0.131. The molecule has 0 bridgehead atoms. The van der Waals surface area contributed by atoms with Gasteiger partial charge in [-0.05, 0) is 35.9 Å². The molecule has 30 heavy (non-hydrogen) atoms. The van der Waals surface area contributed by atoms with E-state index in [0.29, 0.717) is 17.9 Å². The topological polar surface area (TPSA) is 48.4 Å². The molecule has 0 atom stereocenters. The third-order valence-electron chi connectivity index (χ3n) is 4.55. The molecule has 4 nitrogen and oxygen atoms in total. The predicted octanol–water partition coefficient (Wildman–Crippen LogP) is 5.91. The summed E-state index contributed by atoms with van der Waals surface area (Å²) >= 11 is 0. The number of hydrogen-bond donors (Lipinski definition) is 0. The van der Waals surface area contributed by atoms with E-state index in [1.165, 1.54) is 6.92 Å². The molecule has 3 aromatic carbocycles. The van der Waals surface area contributed by atoms with E-state index in [1.807, 2.05) is 91.0 Å². The Kier molecular flexibility index (Phi) is 5.85. The second-order valence-electron chi connectivity index (χ2n) is 6.80. The minimum absolute atomic E-state index is 0.366. The van der Waals surface area contributed by atoms with Gasteiger partial charge >= 0.3 is 5.97 Å². The molecule has 4 heteroatoms. The Labute approximate surface area is 175 Å². The Hall–Kier alpha value is -3.92. The van der Waals surface area contributed by atoms with Crippen LogP contribution in [0.1, 0.15) is 23.7 Å². The first-order valence-corrected chi connectivity index (χ1v) is 9.71. The van der Waals surface area contributed by atoms with Gasteiger partial charge in [0.2, 0.25) is 0 Å². The first-order chi connectivity index (χ1) is 14.7. The highest BCUT2D eigenvalue weighted by Crippen LogP contribution is 2.26. The van der Waals surface area contributed by atoms with Crippen LogP contribution in [0.5, 0.6) is 11.5 Å². The van der Waals surface area contributed by atoms with Gasteiger partial charge in [-0.15, -0.1) is 0 Å². The molecule has 0 unspecified atom stereocenters. The monoisotopic (exact) mass is 395 g/mol. The first-order valence-electron chi connectivity index (χ1n) is 9.71. The summed E-state index contributed by atoms with van der Waals surface area (Å²) in [7, 11) is 0. The van der Waals surface area contributed by atoms with Crippen molar-refractivity contribution >= 4 is 29.0 Å². The molecule has 0 fully saturated rings. The number of pyridine rings is 1. The van der Waals surface area contributed by atoms with Crippen LogP contribution in [0.25, 0.3) is 23.1 Å². The predicted molar refractivity (Wildman–Crippen MR) is 119 cm³/mol. The van der Waals surface area contributed by atoms with Crippen molar-refractivity contribution in [1.82, 2.24) is 4.98 Å². The number of carbonyl (C=O) groups excluding carboxylic acids is 1. The number of esters is 1. The molecule has 0 aliphatic rings. The minimum atomic E-state index is -0.366. The van der Waals surface area contributed by atoms with Crippen LogP contribution in [0.2, 0.25) is 0 Å². The smallest absolute Gasteiger partial charge is 0.308 e. The molecule has 4 aromatic rings. The van der Waals surface area contributed by atoms with Crippen LogP contribution in [-0.4, -0.2) is 11.0 Å². The fraction of sp³-hybridized carbons (Fsp3) is 0.0769. The summed E-state index contributed by atoms with van der Waals surface area (Å²) in [5, 5.41) is 0.914. The largest absolute Gasteiger partial charge is 0.488 e. The summed E-state index contributed by atoms with van der Waals surface area (Å²) in [6.07, 6.45) is 3.90. The van der Waals surface area contributed by atoms with Gasteiger partial charge in [-0.25, -0.2) is 4.98 Å². The van der Waals surface area contributed by atoms with Gasteiger partial charge in [-0.1, -0.05) is 66.7 Å². The first kappa shape index (κ1) is 19.4. The van der Waals surface area contributed by atoms with Crippen LogP contribution in [0.4, 0.5) is 0 Å². The number of carbonyl (C=O) groups is 1. The summed E-state index contributed by atoms with van der Waals surface area (Å²) in [5.74, 6) is 0.899. The van der Waals surface area contributed by atoms with E-state index in [0.717, 1.165) is 28.0 Å². The van der Waals surface area contributed by atoms with E-state index < -0.39 is 0 Å². The van der Waals surface area contributed by atoms with Crippen molar-refractivity contribution in [2.24, 2.45) is 0 Å². The molecule has 1 heterocycles. The van der Waals surface area contributed by atoms with Gasteiger partial charge in [0.15, 0.2) is 5.75 Å². The van der Waals surface area contributed by atoms with E-state index in [-0.39, 0.29) is 5.97 Å². The quantitative estimate of drug-likeness (QED) is 0.301. The highest BCUT2D eigenvalue weighted by Gasteiger charge is 2.07. The minimum Gasteiger partial charge on any atom is -0.488 e. The molecule has 1 aromatic heterocycles. The molecular weight excluding hydrogens is 374 g/mol. The van der Waals surface area contributed by atoms with Crippen LogP contribution in [0.3, 0.4) is 0 Å². The van der Waals surface area contributed by atoms with Crippen LogP contribution < -0.4 is 9.47 Å². The van der Waals surface area contributed by atoms with Crippen molar-refractivity contribution in [2.45, 2.75) is 13.5 Å². The molecule has 4 rings (SSSR count). The van der Waals surface area contributed by atoms with E-state index in [1.54, 1.807) is 6.07 Å². The number of rotatable bonds is 6. The van der Waals surface area contributed by atoms with Crippen molar-refractivity contribution in [1.29, 1.82) is 0 Å². The molecule has 0 radical (unpaired) electrons. The summed E-state index contributed by atoms with van der Waals surface area (Å²) in [6, 6.07) is 27.4. The zero-order chi connectivity index (χ0) is 20.8. The average molecular weight is 395 g/mol. The van der Waals surface area contributed by atoms with Gasteiger partial charge in [-0.3, -0.25) is 4.79 Å². The summed E-state index contributed by atoms with van der Waals surface area (Å²) in [6.45, 7) is 1.89. The van der Waals surface area contributed by atoms with Gasteiger partial charge in [-0.2, -0.15) is 0 Å². The average Bonchev–Trinajstić information content (AvgIpc) is 2.77. The molecule has 0 aliphatic carbocycles. The van der Waals surface area contributed by atoms with Crippen molar-refractivity contribution in [3.8, 4) is 11.5 Å². The zero-order valence-corrected chi connectivity index (χ0v) is 16.6. The van der Waals surface area contributed by atoms with Crippen LogP contribution in [0, 0.1) is 0 Å². The third kappa shape index (κ3) is 4.73. The maximum Gasteiger partial charge on any atom is 0.308 e. The maximum absolute atomic E-state index is 11.4. The lowest BCUT2D eigenvalue weighted by Gasteiger charge is -2.09. The van der Waals surface area contributed by atoms with E-state index >= 15 is 0 Å². The Morgan fingerprint density at radius 1 is 0.833 bits per heavy atom. The number of hydrogen-bond acceptors (Lipinski definition) is 4. The Morgan fingerprint density at radius 2 is 1.60 bits per heavy atom. The molecule has 0 N–H and O–H groups in total. The summed E-state index contributed by atoms with van der Waals surface area (Å²) in [5.41, 5.74) is 3.50. The van der Waals surface area contributed by atoms with Crippen molar-refractivity contribution in [3.63, 3.8) is 0 Å². The lowest BCUT2D eigenvalue weighted by Crippen LogP contribution is -2.02. The molecule has 0 saturated heterocycles. The SMILES string of the molecule is CC(=O)Oc1cccc2ccc(C=Cc3ccccc3OCc3ccccc3)nc12. The summed E-state index contributed by atoms with van der Waals surface area (Å²) in [4.78, 5) is 16.0. The van der Waals surface area contributed by atoms with Gasteiger partial charge < -0.3 is 9.47 Å². The summed E-state index contributed by atoms with van der Waals surface area (Å²) < 4.78 is 11.3. The number of benzene rings is 3. The van der Waals surface area contributed by atoms with Crippen LogP contribution in [0.15, 0.2) is 84.9 Å². The third-order valence-corrected chi connectivity index (χ3v) is 4.55. The van der Waals surface area contributed by atoms with Gasteiger partial charge in [0.05, 0.1) is 5.69 Å². The Balaban J connectivity index is 1.58. The molecule has 0 aliphatic heterocycles. The van der Waals surface area contributed by atoms with Gasteiger partial charge in [0, 0.05) is 17.9 Å². The van der Waals surface area contributed by atoms with Crippen molar-refractivity contribution in [2.75, 3.05) is 0 Å². The molecular formula is C26H21NO3. The Bertz CT molecular complexity index is 1200. The molecule has 0 spiro atoms. The number of ether oxygens (including phenoxy) is 2. The second-order valence-corrected chi connectivity index (χ2v) is 6.80. The van der Waals surface area contributed by atoms with E-state index in [9.17, 15) is 4.79 Å². The molecule has 148 valence electrons. The van der Waals surface area contributed by atoms with Crippen LogP contribution >= 0.6 is 0 Å². The highest BCUT2D eigenvalue weighted by molar-refractivity contribution is 5.88. The maximum atomic E-state index is 11.4. The fourth-order valence-electron chi connectivity index (χ4n) is 3.13. The van der Waals surface area contributed by atoms with E-state index in [4.69, 9.17) is 9.47 Å². The fourth-order valence-corrected chi connectivity index (χ4v) is 3.13. The molecule has 0 amide bonds. The lowest BCUT2D eigenvalue weighted by atomic mass is 10.1. The van der Waals surface area contributed by atoms with E-state index in [2.05, 4.69) is 4.98 Å². The van der Waals surface area contributed by atoms with Crippen molar-refractivity contribution in [3.05, 3.63) is 102 Å². The van der Waals surface area contributed by atoms with Crippen LogP contribution in [-0.2, 0) is 11.4 Å². The number of fused-ring (bicyclic) bond motifs is 1. The second kappa shape index (κ2) is 9.05. The number of aromatic nitrogens is 1. The number of para-hydroxylation sites is 2. The Morgan fingerprint density at radius 3 is 2.43 bits per heavy atom. The normalized spacial score (nSPS) is 11.0. The zero-order valence-electron chi connectivity index (χ0n) is 16.6. The van der Waals surface area contributed by atoms with Crippen molar-refractivity contribution < 1.29 is 14.3 Å². The molecule has 0 saturated carbocycles. The van der Waals surface area contributed by atoms with Gasteiger partial charge in [0.1, 0.15) is 17.9 Å². The standard InChI is InChI=1S/C26H21NO3/c1-19(28)30-25-13-7-11-22-15-17-23(27-26(22)25)16-14-21-10-5-6-12-24(21)29-18-20-8-3-2-4-9-20/h2-17H,18H2,1H3. The van der Waals surface area contributed by atoms with Gasteiger partial charge in [0.25, 0.3) is 0 Å². The highest BCUT2D eigenvalue weighted by atomic mass is 16.5. The number of nitrogens with zero attached hydrogens (tertiary/aromatic N) is 1.